The van der Waals surface area contributed by atoms with Crippen molar-refractivity contribution in [1.82, 2.24) is 0 Å². The van der Waals surface area contributed by atoms with Gasteiger partial charge in [0, 0.05) is 6.07 Å². The molecule has 6 heteroatoms. The number of rotatable bonds is 11. The predicted molar refractivity (Wildman–Crippen MR) is 135 cm³/mol. The average molecular weight is 473 g/mol. The Hall–Kier alpha value is -2.31. The van der Waals surface area contributed by atoms with Crippen molar-refractivity contribution < 1.29 is 23.4 Å². The van der Waals surface area contributed by atoms with Crippen LogP contribution in [-0.4, -0.2) is 27.2 Å². The van der Waals surface area contributed by atoms with Gasteiger partial charge in [0.1, 0.15) is 18.1 Å². The zero-order chi connectivity index (χ0) is 24.8. The highest BCUT2D eigenvalue weighted by Gasteiger charge is 2.49. The number of benzene rings is 2. The van der Waals surface area contributed by atoms with Crippen LogP contribution in [0.4, 0.5) is 0 Å². The first-order valence-corrected chi connectivity index (χ1v) is 13.8. The van der Waals surface area contributed by atoms with Crippen molar-refractivity contribution in [1.29, 1.82) is 0 Å². The number of methoxy groups -OCH3 is 1. The third kappa shape index (κ3) is 6.84. The normalized spacial score (nSPS) is 12.4. The fraction of sp³-hybridized carbons (Fsp3) is 0.519. The summed E-state index contributed by atoms with van der Waals surface area (Å²) in [7, 11) is -0.818. The molecule has 182 valence electrons. The molecule has 0 spiro atoms. The summed E-state index contributed by atoms with van der Waals surface area (Å²) in [6.07, 6.45) is 0. The monoisotopic (exact) mass is 472 g/mol. The number of carbonyl (C=O) groups excluding carboxylic acids is 1. The van der Waals surface area contributed by atoms with Gasteiger partial charge in [-0.05, 0) is 48.2 Å². The largest absolute Gasteiger partial charge is 0.489 e. The molecule has 2 aromatic rings. The Bertz CT molecular complexity index is 884. The molecule has 0 unspecified atom stereocenters. The van der Waals surface area contributed by atoms with Gasteiger partial charge in [-0.15, -0.1) is 0 Å². The summed E-state index contributed by atoms with van der Waals surface area (Å²) in [6.45, 7) is 17.7. The quantitative estimate of drug-likeness (QED) is 0.194. The zero-order valence-electron chi connectivity index (χ0n) is 21.6. The molecule has 5 nitrogen and oxygen atoms in total. The Morgan fingerprint density at radius 2 is 1.42 bits per heavy atom. The van der Waals surface area contributed by atoms with Gasteiger partial charge in [0.15, 0.2) is 5.79 Å². The number of hydrogen-bond donors (Lipinski definition) is 0. The maximum atomic E-state index is 12.3. The Morgan fingerprint density at radius 1 is 0.879 bits per heavy atom. The van der Waals surface area contributed by atoms with Crippen molar-refractivity contribution >= 4 is 14.3 Å². The highest BCUT2D eigenvalue weighted by Crippen LogP contribution is 2.45. The van der Waals surface area contributed by atoms with E-state index in [2.05, 4.69) is 41.5 Å². The first kappa shape index (κ1) is 26.9. The van der Waals surface area contributed by atoms with Crippen LogP contribution in [0.2, 0.25) is 16.6 Å². The lowest BCUT2D eigenvalue weighted by Crippen LogP contribution is -2.54. The van der Waals surface area contributed by atoms with Gasteiger partial charge in [0.05, 0.1) is 12.7 Å². The van der Waals surface area contributed by atoms with Crippen molar-refractivity contribution in [3.8, 4) is 11.5 Å². The highest BCUT2D eigenvalue weighted by molar-refractivity contribution is 6.77. The molecule has 0 saturated heterocycles. The van der Waals surface area contributed by atoms with Gasteiger partial charge in [0.2, 0.25) is 8.32 Å². The van der Waals surface area contributed by atoms with Crippen molar-refractivity contribution in [3.05, 3.63) is 59.7 Å². The molecule has 0 heterocycles. The van der Waals surface area contributed by atoms with Crippen LogP contribution in [0.1, 0.15) is 71.3 Å². The van der Waals surface area contributed by atoms with Crippen LogP contribution in [0.3, 0.4) is 0 Å². The van der Waals surface area contributed by atoms with Gasteiger partial charge in [-0.2, -0.15) is 0 Å². The first-order valence-electron chi connectivity index (χ1n) is 11.7. The summed E-state index contributed by atoms with van der Waals surface area (Å²) in [5.41, 5.74) is 2.67. The van der Waals surface area contributed by atoms with E-state index in [9.17, 15) is 4.79 Å². The van der Waals surface area contributed by atoms with Crippen molar-refractivity contribution in [2.75, 3.05) is 7.11 Å². The van der Waals surface area contributed by atoms with E-state index in [1.165, 1.54) is 7.11 Å². The van der Waals surface area contributed by atoms with Gasteiger partial charge in [-0.3, -0.25) is 0 Å². The second-order valence-electron chi connectivity index (χ2n) is 9.88. The lowest BCUT2D eigenvalue weighted by molar-refractivity contribution is -0.0940. The van der Waals surface area contributed by atoms with Gasteiger partial charge >= 0.3 is 5.97 Å². The van der Waals surface area contributed by atoms with Crippen LogP contribution in [0.5, 0.6) is 11.5 Å². The minimum Gasteiger partial charge on any atom is -0.489 e. The maximum Gasteiger partial charge on any atom is 0.338 e. The standard InChI is InChI=1S/C27H40O5Si/c1-19(2)33(20(3)4,21(5)6)32-27(7,8)31-25-16-23(26(28)29-9)15-24(17-25)30-18-22-13-11-10-12-14-22/h10-17,19-21H,18H2,1-9H3. The van der Waals surface area contributed by atoms with Gasteiger partial charge in [-0.25, -0.2) is 4.79 Å². The topological polar surface area (TPSA) is 54.0 Å². The molecule has 0 aliphatic heterocycles. The van der Waals surface area contributed by atoms with Gasteiger partial charge in [0.25, 0.3) is 0 Å². The van der Waals surface area contributed by atoms with Crippen molar-refractivity contribution in [3.63, 3.8) is 0 Å². The van der Waals surface area contributed by atoms with E-state index in [1.54, 1.807) is 18.2 Å². The summed E-state index contributed by atoms with van der Waals surface area (Å²) >= 11 is 0. The first-order chi connectivity index (χ1) is 15.4. The Labute approximate surface area is 200 Å². The molecule has 0 bridgehead atoms. The fourth-order valence-corrected chi connectivity index (χ4v) is 10.4. The van der Waals surface area contributed by atoms with Crippen molar-refractivity contribution in [2.45, 2.75) is 84.4 Å². The average Bonchev–Trinajstić information content (AvgIpc) is 2.75. The van der Waals surface area contributed by atoms with E-state index in [1.807, 2.05) is 44.2 Å². The maximum absolute atomic E-state index is 12.3. The summed E-state index contributed by atoms with van der Waals surface area (Å²) in [5, 5.41) is 0. The summed E-state index contributed by atoms with van der Waals surface area (Å²) in [6, 6.07) is 15.0. The number of hydrogen-bond acceptors (Lipinski definition) is 5. The molecule has 0 fully saturated rings. The lowest BCUT2D eigenvalue weighted by Gasteiger charge is -2.47. The number of ether oxygens (including phenoxy) is 3. The molecule has 0 aliphatic carbocycles. The lowest BCUT2D eigenvalue weighted by atomic mass is 10.2. The second-order valence-corrected chi connectivity index (χ2v) is 15.3. The summed E-state index contributed by atoms with van der Waals surface area (Å²) < 4.78 is 24.1. The van der Waals surface area contributed by atoms with E-state index in [0.29, 0.717) is 40.3 Å². The molecule has 2 aromatic carbocycles. The van der Waals surface area contributed by atoms with Crippen molar-refractivity contribution in [2.24, 2.45) is 0 Å². The molecule has 0 saturated carbocycles. The third-order valence-electron chi connectivity index (χ3n) is 6.04. The Morgan fingerprint density at radius 3 is 1.94 bits per heavy atom. The molecular weight excluding hydrogens is 432 g/mol. The highest BCUT2D eigenvalue weighted by atomic mass is 28.4. The van der Waals surface area contributed by atoms with Gasteiger partial charge in [-0.1, -0.05) is 71.9 Å². The predicted octanol–water partition coefficient (Wildman–Crippen LogP) is 7.36. The van der Waals surface area contributed by atoms with E-state index < -0.39 is 20.1 Å². The molecule has 2 rings (SSSR count). The van der Waals surface area contributed by atoms with Crippen LogP contribution in [-0.2, 0) is 15.8 Å². The van der Waals surface area contributed by atoms with Crippen LogP contribution in [0.15, 0.2) is 48.5 Å². The molecule has 0 atom stereocenters. The summed E-state index contributed by atoms with van der Waals surface area (Å²) in [5.74, 6) is -0.284. The van der Waals surface area contributed by atoms with Crippen LogP contribution in [0, 0.1) is 0 Å². The van der Waals surface area contributed by atoms with Gasteiger partial charge < -0.3 is 18.6 Å². The molecule has 0 aliphatic rings. The van der Waals surface area contributed by atoms with Crippen LogP contribution in [0.25, 0.3) is 0 Å². The van der Waals surface area contributed by atoms with E-state index in [-0.39, 0.29) is 0 Å². The summed E-state index contributed by atoms with van der Waals surface area (Å²) in [4.78, 5) is 12.3. The SMILES string of the molecule is COC(=O)c1cc(OCc2ccccc2)cc(OC(C)(C)O[Si](C(C)C)(C(C)C)C(C)C)c1. The Kier molecular flexibility index (Phi) is 9.15. The fourth-order valence-electron chi connectivity index (χ4n) is 4.77. The Balaban J connectivity index is 2.34. The van der Waals surface area contributed by atoms with E-state index >= 15 is 0 Å². The molecule has 0 aromatic heterocycles. The number of carbonyl (C=O) groups is 1. The number of esters is 1. The minimum atomic E-state index is -2.18. The van der Waals surface area contributed by atoms with Crippen LogP contribution < -0.4 is 9.47 Å². The van der Waals surface area contributed by atoms with E-state index in [4.69, 9.17) is 18.6 Å². The second kappa shape index (κ2) is 11.2. The molecular formula is C27H40O5Si. The molecule has 0 radical (unpaired) electrons. The third-order valence-corrected chi connectivity index (χ3v) is 12.3. The molecule has 0 N–H and O–H groups in total. The van der Waals surface area contributed by atoms with Crippen LogP contribution >= 0.6 is 0 Å². The zero-order valence-corrected chi connectivity index (χ0v) is 22.6. The molecule has 33 heavy (non-hydrogen) atoms. The van der Waals surface area contributed by atoms with E-state index in [0.717, 1.165) is 5.56 Å². The smallest absolute Gasteiger partial charge is 0.338 e. The molecule has 0 amide bonds. The minimum absolute atomic E-state index is 0.369.